The lowest BCUT2D eigenvalue weighted by atomic mass is 10.0. The fourth-order valence-electron chi connectivity index (χ4n) is 3.55. The van der Waals surface area contributed by atoms with Crippen LogP contribution in [-0.2, 0) is 21.4 Å². The predicted octanol–water partition coefficient (Wildman–Crippen LogP) is 2.99. The van der Waals surface area contributed by atoms with Gasteiger partial charge in [-0.25, -0.2) is 8.42 Å². The van der Waals surface area contributed by atoms with E-state index in [1.165, 1.54) is 4.31 Å². The van der Waals surface area contributed by atoms with Crippen molar-refractivity contribution in [1.82, 2.24) is 5.32 Å². The third-order valence-corrected chi connectivity index (χ3v) is 6.16. The van der Waals surface area contributed by atoms with E-state index in [0.717, 1.165) is 28.2 Å². The first-order valence-corrected chi connectivity index (χ1v) is 11.2. The van der Waals surface area contributed by atoms with E-state index in [9.17, 15) is 13.2 Å². The largest absolute Gasteiger partial charge is 0.476 e. The fourth-order valence-corrected chi connectivity index (χ4v) is 4.46. The predicted molar refractivity (Wildman–Crippen MR) is 114 cm³/mol. The Morgan fingerprint density at radius 3 is 2.69 bits per heavy atom. The van der Waals surface area contributed by atoms with Crippen LogP contribution in [0.1, 0.15) is 11.1 Å². The number of hydrogen-bond donors (Lipinski definition) is 1. The highest BCUT2D eigenvalue weighted by atomic mass is 32.2. The van der Waals surface area contributed by atoms with E-state index in [1.807, 2.05) is 55.5 Å². The van der Waals surface area contributed by atoms with E-state index in [-0.39, 0.29) is 12.5 Å². The standard InChI is InChI=1S/C22H22N2O4S/c1-15-10-11-20-19(12-15)24(29(2,26)27)14-21(28-20)22(25)23-13-17-8-5-7-16-6-3-4-9-18(16)17/h3-12,21H,13-14H2,1-2H3,(H,23,25). The molecule has 6 nitrogen and oxygen atoms in total. The number of fused-ring (bicyclic) bond motifs is 2. The number of anilines is 1. The zero-order chi connectivity index (χ0) is 20.6. The van der Waals surface area contributed by atoms with Crippen LogP contribution in [0.3, 0.4) is 0 Å². The highest BCUT2D eigenvalue weighted by Gasteiger charge is 2.35. The molecule has 1 unspecified atom stereocenters. The lowest BCUT2D eigenvalue weighted by molar-refractivity contribution is -0.127. The number of nitrogens with zero attached hydrogens (tertiary/aromatic N) is 1. The van der Waals surface area contributed by atoms with Crippen LogP contribution in [0.4, 0.5) is 5.69 Å². The van der Waals surface area contributed by atoms with Crippen molar-refractivity contribution in [3.63, 3.8) is 0 Å². The van der Waals surface area contributed by atoms with Gasteiger partial charge in [-0.2, -0.15) is 0 Å². The number of rotatable bonds is 4. The maximum absolute atomic E-state index is 12.8. The highest BCUT2D eigenvalue weighted by Crippen LogP contribution is 2.35. The van der Waals surface area contributed by atoms with Crippen LogP contribution in [0.25, 0.3) is 10.8 Å². The smallest absolute Gasteiger partial charge is 0.263 e. The summed E-state index contributed by atoms with van der Waals surface area (Å²) in [5.41, 5.74) is 2.37. The maximum Gasteiger partial charge on any atom is 0.263 e. The van der Waals surface area contributed by atoms with Gasteiger partial charge in [0, 0.05) is 6.54 Å². The van der Waals surface area contributed by atoms with E-state index in [1.54, 1.807) is 12.1 Å². The van der Waals surface area contributed by atoms with E-state index in [2.05, 4.69) is 5.32 Å². The van der Waals surface area contributed by atoms with Crippen molar-refractivity contribution < 1.29 is 17.9 Å². The Kier molecular flexibility index (Phi) is 4.92. The Hall–Kier alpha value is -3.06. The summed E-state index contributed by atoms with van der Waals surface area (Å²) in [4.78, 5) is 12.8. The van der Waals surface area contributed by atoms with Crippen molar-refractivity contribution in [2.24, 2.45) is 0 Å². The van der Waals surface area contributed by atoms with Gasteiger partial charge >= 0.3 is 0 Å². The first-order valence-electron chi connectivity index (χ1n) is 9.32. The van der Waals surface area contributed by atoms with E-state index in [0.29, 0.717) is 18.0 Å². The molecule has 0 saturated heterocycles. The third-order valence-electron chi connectivity index (χ3n) is 5.01. The Morgan fingerprint density at radius 2 is 1.90 bits per heavy atom. The van der Waals surface area contributed by atoms with Gasteiger partial charge in [0.05, 0.1) is 18.5 Å². The molecule has 0 bridgehead atoms. The van der Waals surface area contributed by atoms with Gasteiger partial charge < -0.3 is 10.1 Å². The van der Waals surface area contributed by atoms with Crippen LogP contribution < -0.4 is 14.4 Å². The SMILES string of the molecule is Cc1ccc2c(c1)N(S(C)(=O)=O)CC(C(=O)NCc1cccc3ccccc13)O2. The molecule has 0 radical (unpaired) electrons. The van der Waals surface area contributed by atoms with Crippen LogP contribution in [0.15, 0.2) is 60.7 Å². The lowest BCUT2D eigenvalue weighted by Gasteiger charge is -2.34. The summed E-state index contributed by atoms with van der Waals surface area (Å²) < 4.78 is 31.7. The molecule has 0 saturated carbocycles. The molecule has 1 amide bonds. The van der Waals surface area contributed by atoms with Crippen molar-refractivity contribution >= 4 is 32.4 Å². The number of sulfonamides is 1. The van der Waals surface area contributed by atoms with Gasteiger partial charge in [0.1, 0.15) is 5.75 Å². The van der Waals surface area contributed by atoms with Gasteiger partial charge in [-0.3, -0.25) is 9.10 Å². The summed E-state index contributed by atoms with van der Waals surface area (Å²) in [6.45, 7) is 2.15. The average Bonchev–Trinajstić information content (AvgIpc) is 2.70. The number of benzene rings is 3. The normalized spacial score (nSPS) is 16.2. The lowest BCUT2D eigenvalue weighted by Crippen LogP contribution is -2.50. The monoisotopic (exact) mass is 410 g/mol. The summed E-state index contributed by atoms with van der Waals surface area (Å²) in [6.07, 6.45) is 0.213. The molecule has 150 valence electrons. The second kappa shape index (κ2) is 7.40. The van der Waals surface area contributed by atoms with E-state index >= 15 is 0 Å². The molecule has 0 fully saturated rings. The number of hydrogen-bond acceptors (Lipinski definition) is 4. The zero-order valence-corrected chi connectivity index (χ0v) is 17.1. The molecule has 0 spiro atoms. The fraction of sp³-hybridized carbons (Fsp3) is 0.227. The number of amides is 1. The summed E-state index contributed by atoms with van der Waals surface area (Å²) in [7, 11) is -3.55. The Morgan fingerprint density at radius 1 is 1.14 bits per heavy atom. The quantitative estimate of drug-likeness (QED) is 0.718. The molecule has 7 heteroatoms. The number of aryl methyl sites for hydroxylation is 1. The van der Waals surface area contributed by atoms with Crippen molar-refractivity contribution in [3.05, 3.63) is 71.8 Å². The van der Waals surface area contributed by atoms with Gasteiger partial charge in [-0.15, -0.1) is 0 Å². The van der Waals surface area contributed by atoms with Gasteiger partial charge in [-0.1, -0.05) is 48.5 Å². The minimum atomic E-state index is -3.55. The Bertz CT molecular complexity index is 1190. The molecular weight excluding hydrogens is 388 g/mol. The van der Waals surface area contributed by atoms with Crippen LogP contribution in [0.5, 0.6) is 5.75 Å². The molecule has 4 rings (SSSR count). The molecule has 1 aliphatic heterocycles. The van der Waals surface area contributed by atoms with Gasteiger partial charge in [0.25, 0.3) is 5.91 Å². The topological polar surface area (TPSA) is 75.7 Å². The van der Waals surface area contributed by atoms with Crippen molar-refractivity contribution in [3.8, 4) is 5.75 Å². The maximum atomic E-state index is 12.8. The summed E-state index contributed by atoms with van der Waals surface area (Å²) in [5.74, 6) is 0.0374. The number of ether oxygens (including phenoxy) is 1. The number of carbonyl (C=O) groups excluding carboxylic acids is 1. The number of nitrogens with one attached hydrogen (secondary N) is 1. The first kappa shape index (κ1) is 19.3. The Labute approximate surface area is 170 Å². The van der Waals surface area contributed by atoms with Crippen LogP contribution in [0.2, 0.25) is 0 Å². The van der Waals surface area contributed by atoms with Crippen LogP contribution in [0, 0.1) is 6.92 Å². The van der Waals surface area contributed by atoms with Crippen LogP contribution >= 0.6 is 0 Å². The third kappa shape index (κ3) is 3.91. The molecule has 1 N–H and O–H groups in total. The van der Waals surface area contributed by atoms with E-state index < -0.39 is 16.1 Å². The molecule has 1 aliphatic rings. The minimum Gasteiger partial charge on any atom is -0.476 e. The molecule has 3 aromatic rings. The highest BCUT2D eigenvalue weighted by molar-refractivity contribution is 7.92. The van der Waals surface area contributed by atoms with Crippen LogP contribution in [-0.4, -0.2) is 33.2 Å². The van der Waals surface area contributed by atoms with Crippen molar-refractivity contribution in [1.29, 1.82) is 0 Å². The second-order valence-electron chi connectivity index (χ2n) is 7.23. The van der Waals surface area contributed by atoms with Crippen molar-refractivity contribution in [2.45, 2.75) is 19.6 Å². The summed E-state index contributed by atoms with van der Waals surface area (Å²) in [6, 6.07) is 19.2. The van der Waals surface area contributed by atoms with Gasteiger partial charge in [-0.05, 0) is 41.0 Å². The Balaban J connectivity index is 1.55. The minimum absolute atomic E-state index is 0.0589. The summed E-state index contributed by atoms with van der Waals surface area (Å²) in [5, 5.41) is 5.06. The number of carbonyl (C=O) groups is 1. The molecule has 3 aromatic carbocycles. The van der Waals surface area contributed by atoms with Crippen molar-refractivity contribution in [2.75, 3.05) is 17.1 Å². The molecule has 1 atom stereocenters. The first-order chi connectivity index (χ1) is 13.8. The van der Waals surface area contributed by atoms with E-state index in [4.69, 9.17) is 4.74 Å². The second-order valence-corrected chi connectivity index (χ2v) is 9.13. The molecular formula is C22H22N2O4S. The van der Waals surface area contributed by atoms with Gasteiger partial charge in [0.15, 0.2) is 6.10 Å². The molecule has 29 heavy (non-hydrogen) atoms. The average molecular weight is 410 g/mol. The molecule has 0 aromatic heterocycles. The summed E-state index contributed by atoms with van der Waals surface area (Å²) >= 11 is 0. The zero-order valence-electron chi connectivity index (χ0n) is 16.3. The molecule has 1 heterocycles. The molecule has 0 aliphatic carbocycles. The van der Waals surface area contributed by atoms with Gasteiger partial charge in [0.2, 0.25) is 10.0 Å².